The first-order valence-electron chi connectivity index (χ1n) is 8.69. The average molecular weight is 321 g/mol. The normalized spacial score (nSPS) is 15.1. The van der Waals surface area contributed by atoms with E-state index in [0.717, 1.165) is 23.5 Å². The Labute approximate surface area is 131 Å². The molecule has 0 aliphatic rings. The zero-order chi connectivity index (χ0) is 15.8. The van der Waals surface area contributed by atoms with Gasteiger partial charge in [-0.25, -0.2) is 0 Å². The van der Waals surface area contributed by atoms with Crippen molar-refractivity contribution in [2.75, 3.05) is 25.0 Å². The zero-order valence-electron chi connectivity index (χ0n) is 15.0. The van der Waals surface area contributed by atoms with Crippen molar-refractivity contribution in [1.82, 2.24) is 0 Å². The van der Waals surface area contributed by atoms with Gasteiger partial charge in [-0.2, -0.15) is 0 Å². The van der Waals surface area contributed by atoms with E-state index >= 15 is 0 Å². The van der Waals surface area contributed by atoms with E-state index in [-0.39, 0.29) is 0 Å². The van der Waals surface area contributed by atoms with E-state index in [1.807, 2.05) is 0 Å². The predicted molar refractivity (Wildman–Crippen MR) is 104 cm³/mol. The van der Waals surface area contributed by atoms with Gasteiger partial charge < -0.3 is 0 Å². The van der Waals surface area contributed by atoms with Crippen LogP contribution in [-0.2, 0) is 0 Å². The summed E-state index contributed by atoms with van der Waals surface area (Å²) in [5.74, 6) is 0. The second-order valence-electron chi connectivity index (χ2n) is 7.49. The van der Waals surface area contributed by atoms with Crippen LogP contribution in [0.2, 0.25) is 0 Å². The average Bonchev–Trinajstić information content (AvgIpc) is 2.36. The molecule has 1 nitrogen and oxygen atoms in total. The number of unbranched alkanes of at least 4 members (excludes halogenated alkanes) is 3. The Balaban J connectivity index is 5.20. The van der Waals surface area contributed by atoms with Gasteiger partial charge in [-0.15, -0.1) is 0 Å². The van der Waals surface area contributed by atoms with Crippen molar-refractivity contribution in [3.63, 3.8) is 0 Å². The molecular weight excluding hydrogens is 280 g/mol. The monoisotopic (exact) mass is 321 g/mol. The summed E-state index contributed by atoms with van der Waals surface area (Å²) >= 11 is 0. The van der Waals surface area contributed by atoms with Crippen molar-refractivity contribution in [2.45, 2.75) is 84.2 Å². The fourth-order valence-corrected chi connectivity index (χ4v) is 13.6. The molecule has 0 aliphatic heterocycles. The topological polar surface area (TPSA) is 26.0 Å². The Bertz CT molecular complexity index is 237. The van der Waals surface area contributed by atoms with E-state index in [1.165, 1.54) is 44.2 Å². The van der Waals surface area contributed by atoms with Gasteiger partial charge in [-0.3, -0.25) is 0 Å². The van der Waals surface area contributed by atoms with Gasteiger partial charge in [0.15, 0.2) is 0 Å². The van der Waals surface area contributed by atoms with Gasteiger partial charge in [-0.05, 0) is 0 Å². The second-order valence-corrected chi connectivity index (χ2v) is 15.6. The molecule has 0 rings (SSSR count). The molecule has 1 unspecified atom stereocenters. The Morgan fingerprint density at radius 2 is 1.20 bits per heavy atom. The van der Waals surface area contributed by atoms with Gasteiger partial charge in [0.25, 0.3) is 0 Å². The summed E-state index contributed by atoms with van der Waals surface area (Å²) in [6.07, 6.45) is 9.59. The van der Waals surface area contributed by atoms with Crippen LogP contribution in [0, 0.1) is 0 Å². The molecule has 0 radical (unpaired) electrons. The first-order chi connectivity index (χ1) is 9.29. The summed E-state index contributed by atoms with van der Waals surface area (Å²) in [6.45, 7) is 14.0. The Morgan fingerprint density at radius 1 is 0.750 bits per heavy atom. The molecule has 0 aromatic rings. The fourth-order valence-electron chi connectivity index (χ4n) is 4.76. The first kappa shape index (κ1) is 20.8. The van der Waals surface area contributed by atoms with Crippen LogP contribution < -0.4 is 5.73 Å². The maximum atomic E-state index is 6.09. The molecule has 0 fully saturated rings. The third-order valence-corrected chi connectivity index (χ3v) is 17.4. The summed E-state index contributed by atoms with van der Waals surface area (Å²) in [7, 11) is 2.85. The molecule has 0 saturated carbocycles. The molecule has 0 aliphatic carbocycles. The van der Waals surface area contributed by atoms with Crippen molar-refractivity contribution in [3.8, 4) is 0 Å². The third-order valence-electron chi connectivity index (χ3n) is 6.31. The molecule has 0 bridgehead atoms. The molecule has 0 amide bonds. The molecule has 0 heterocycles. The number of hydrogen-bond acceptors (Lipinski definition) is 1. The Kier molecular flexibility index (Phi) is 9.44. The van der Waals surface area contributed by atoms with Crippen LogP contribution in [0.5, 0.6) is 0 Å². The van der Waals surface area contributed by atoms with E-state index in [4.69, 9.17) is 5.73 Å². The van der Waals surface area contributed by atoms with Gasteiger partial charge in [0, 0.05) is 0 Å². The molecule has 2 N–H and O–H groups in total. The number of hydrogen-bond donors (Lipinski definition) is 1. The summed E-state index contributed by atoms with van der Waals surface area (Å²) in [6, 6.07) is 0. The second kappa shape index (κ2) is 9.07. The van der Waals surface area contributed by atoms with Gasteiger partial charge in [0.1, 0.15) is 0 Å². The minimum absolute atomic E-state index is 0.811. The van der Waals surface area contributed by atoms with Gasteiger partial charge in [0.2, 0.25) is 0 Å². The van der Waals surface area contributed by atoms with Crippen LogP contribution in [0.3, 0.4) is 0 Å². The predicted octanol–water partition coefficient (Wildman–Crippen LogP) is 5.16. The van der Waals surface area contributed by atoms with Crippen LogP contribution in [0.25, 0.3) is 0 Å². The zero-order valence-corrected chi connectivity index (χ0v) is 17.0. The molecule has 1 atom stereocenters. The van der Waals surface area contributed by atoms with Gasteiger partial charge in [-0.1, -0.05) is 0 Å². The van der Waals surface area contributed by atoms with Gasteiger partial charge >= 0.3 is 131 Å². The van der Waals surface area contributed by atoms with Crippen LogP contribution >= 0.6 is 15.8 Å². The molecule has 124 valence electrons. The van der Waals surface area contributed by atoms with E-state index in [2.05, 4.69) is 50.8 Å². The molecule has 3 heteroatoms. The molecule has 0 spiro atoms. The third kappa shape index (κ3) is 3.97. The van der Waals surface area contributed by atoms with E-state index < -0.39 is 6.60 Å². The van der Waals surface area contributed by atoms with Crippen molar-refractivity contribution < 1.29 is 0 Å². The van der Waals surface area contributed by atoms with Crippen LogP contribution in [0.1, 0.15) is 67.2 Å². The van der Waals surface area contributed by atoms with Crippen molar-refractivity contribution in [3.05, 3.63) is 0 Å². The molecular formula is C17H41NP2. The van der Waals surface area contributed by atoms with E-state index in [0.29, 0.717) is 0 Å². The van der Waals surface area contributed by atoms with E-state index in [1.54, 1.807) is 0 Å². The summed E-state index contributed by atoms with van der Waals surface area (Å²) in [4.78, 5) is 0. The summed E-state index contributed by atoms with van der Waals surface area (Å²) in [5.41, 5.74) is 8.53. The van der Waals surface area contributed by atoms with Crippen LogP contribution in [-0.4, -0.2) is 42.0 Å². The number of nitrogens with two attached hydrogens (primary N) is 1. The Morgan fingerprint density at radius 3 is 1.55 bits per heavy atom. The number of rotatable bonds is 11. The SMILES string of the molecule is CC(C)P(CCN)(CCCCCCP)(C(C)C)C(C)C. The summed E-state index contributed by atoms with van der Waals surface area (Å²) < 4.78 is 0. The molecule has 20 heavy (non-hydrogen) atoms. The molecule has 0 saturated heterocycles. The van der Waals surface area contributed by atoms with Crippen molar-refractivity contribution >= 4 is 15.8 Å². The Hall–Kier alpha value is 0.820. The molecule has 0 aromatic heterocycles. The van der Waals surface area contributed by atoms with Gasteiger partial charge in [0.05, 0.1) is 0 Å². The van der Waals surface area contributed by atoms with Crippen molar-refractivity contribution in [2.24, 2.45) is 5.73 Å². The summed E-state index contributed by atoms with van der Waals surface area (Å²) in [5, 5.41) is 0. The first-order valence-corrected chi connectivity index (χ1v) is 12.3. The van der Waals surface area contributed by atoms with Crippen molar-refractivity contribution in [1.29, 1.82) is 0 Å². The maximum absolute atomic E-state index is 6.09. The standard InChI is InChI=1S/C17H41NP2/c1-15(2)20(14-11-18,16(3)4,17(5)6)13-10-8-7-9-12-19/h15-17H,7-14,18-19H2,1-6H3. The van der Waals surface area contributed by atoms with Crippen LogP contribution in [0.15, 0.2) is 0 Å². The van der Waals surface area contributed by atoms with Crippen LogP contribution in [0.4, 0.5) is 0 Å². The minimum atomic E-state index is -1.76. The quantitative estimate of drug-likeness (QED) is 0.413. The fraction of sp³-hybridized carbons (Fsp3) is 1.00. The molecule has 0 aromatic carbocycles. The van der Waals surface area contributed by atoms with E-state index in [9.17, 15) is 0 Å².